The van der Waals surface area contributed by atoms with Crippen molar-refractivity contribution in [3.8, 4) is 0 Å². The van der Waals surface area contributed by atoms with E-state index in [0.717, 1.165) is 16.6 Å². The molecule has 5 nitrogen and oxygen atoms in total. The standard InChI is InChI=1S/C17H19N3O2S/c1-3-11-6-5-7-13-15(11)18-17(23-13)19-16(22)12-8-9-20(10-12)14(21)4-2/h4-7,12H,2-3,8-10H2,1H3,(H,18,19,22). The Labute approximate surface area is 139 Å². The van der Waals surface area contributed by atoms with Crippen LogP contribution < -0.4 is 5.32 Å². The molecule has 0 bridgehead atoms. The van der Waals surface area contributed by atoms with E-state index in [2.05, 4.69) is 29.9 Å². The number of rotatable bonds is 4. The summed E-state index contributed by atoms with van der Waals surface area (Å²) in [6.07, 6.45) is 2.88. The molecule has 1 fully saturated rings. The number of hydrogen-bond acceptors (Lipinski definition) is 4. The minimum atomic E-state index is -0.184. The molecule has 1 unspecified atom stereocenters. The highest BCUT2D eigenvalue weighted by molar-refractivity contribution is 7.22. The molecule has 0 spiro atoms. The lowest BCUT2D eigenvalue weighted by Gasteiger charge is -2.13. The van der Waals surface area contributed by atoms with Crippen molar-refractivity contribution in [3.05, 3.63) is 36.4 Å². The first kappa shape index (κ1) is 15.7. The SMILES string of the molecule is C=CC(=O)N1CCC(C(=O)Nc2nc3c(CC)cccc3s2)C1. The Balaban J connectivity index is 1.71. The third kappa shape index (κ3) is 3.12. The van der Waals surface area contributed by atoms with Gasteiger partial charge >= 0.3 is 0 Å². The highest BCUT2D eigenvalue weighted by Gasteiger charge is 2.30. The van der Waals surface area contributed by atoms with E-state index in [4.69, 9.17) is 0 Å². The summed E-state index contributed by atoms with van der Waals surface area (Å²) >= 11 is 1.49. The van der Waals surface area contributed by atoms with Gasteiger partial charge in [-0.05, 0) is 30.5 Å². The van der Waals surface area contributed by atoms with E-state index in [1.165, 1.54) is 23.0 Å². The maximum atomic E-state index is 12.4. The first-order valence-corrected chi connectivity index (χ1v) is 8.54. The van der Waals surface area contributed by atoms with Crippen molar-refractivity contribution in [1.82, 2.24) is 9.88 Å². The van der Waals surface area contributed by atoms with Crippen LogP contribution in [0.5, 0.6) is 0 Å². The van der Waals surface area contributed by atoms with Gasteiger partial charge in [-0.1, -0.05) is 37.0 Å². The maximum Gasteiger partial charge on any atom is 0.245 e. The molecule has 0 radical (unpaired) electrons. The summed E-state index contributed by atoms with van der Waals surface area (Å²) < 4.78 is 1.08. The lowest BCUT2D eigenvalue weighted by atomic mass is 10.1. The summed E-state index contributed by atoms with van der Waals surface area (Å²) in [6, 6.07) is 6.09. The summed E-state index contributed by atoms with van der Waals surface area (Å²) in [4.78, 5) is 30.2. The van der Waals surface area contributed by atoms with Gasteiger partial charge in [-0.15, -0.1) is 0 Å². The zero-order chi connectivity index (χ0) is 16.4. The predicted octanol–water partition coefficient (Wildman–Crippen LogP) is 2.83. The first-order chi connectivity index (χ1) is 11.1. The van der Waals surface area contributed by atoms with Crippen LogP contribution >= 0.6 is 11.3 Å². The second-order valence-corrected chi connectivity index (χ2v) is 6.63. The first-order valence-electron chi connectivity index (χ1n) is 7.73. The van der Waals surface area contributed by atoms with Crippen LogP contribution in [-0.4, -0.2) is 34.8 Å². The van der Waals surface area contributed by atoms with Crippen LogP contribution in [0.15, 0.2) is 30.9 Å². The monoisotopic (exact) mass is 329 g/mol. The maximum absolute atomic E-state index is 12.4. The summed E-state index contributed by atoms with van der Waals surface area (Å²) in [5, 5.41) is 3.53. The Kier molecular flexibility index (Phi) is 4.43. The number of likely N-dealkylation sites (tertiary alicyclic amines) is 1. The normalized spacial score (nSPS) is 17.4. The Bertz CT molecular complexity index is 768. The second kappa shape index (κ2) is 6.50. The van der Waals surface area contributed by atoms with Gasteiger partial charge in [-0.2, -0.15) is 0 Å². The van der Waals surface area contributed by atoms with Crippen molar-refractivity contribution in [1.29, 1.82) is 0 Å². The molecular weight excluding hydrogens is 310 g/mol. The van der Waals surface area contributed by atoms with Gasteiger partial charge in [0.05, 0.1) is 16.1 Å². The molecule has 2 heterocycles. The van der Waals surface area contributed by atoms with Gasteiger partial charge in [0.2, 0.25) is 11.8 Å². The van der Waals surface area contributed by atoms with Crippen molar-refractivity contribution in [3.63, 3.8) is 0 Å². The minimum absolute atomic E-state index is 0.0681. The van der Waals surface area contributed by atoms with Crippen LogP contribution in [0.1, 0.15) is 18.9 Å². The quantitative estimate of drug-likeness (QED) is 0.877. The average Bonchev–Trinajstić information content (AvgIpc) is 3.20. The summed E-state index contributed by atoms with van der Waals surface area (Å²) in [5.74, 6) is -0.370. The molecule has 120 valence electrons. The fourth-order valence-electron chi connectivity index (χ4n) is 2.86. The fraction of sp³-hybridized carbons (Fsp3) is 0.353. The van der Waals surface area contributed by atoms with E-state index in [0.29, 0.717) is 24.6 Å². The highest BCUT2D eigenvalue weighted by atomic mass is 32.1. The molecule has 6 heteroatoms. The van der Waals surface area contributed by atoms with E-state index < -0.39 is 0 Å². The molecular formula is C17H19N3O2S. The highest BCUT2D eigenvalue weighted by Crippen LogP contribution is 2.29. The molecule has 23 heavy (non-hydrogen) atoms. The smallest absolute Gasteiger partial charge is 0.245 e. The predicted molar refractivity (Wildman–Crippen MR) is 92.5 cm³/mol. The second-order valence-electron chi connectivity index (χ2n) is 5.60. The van der Waals surface area contributed by atoms with Crippen molar-refractivity contribution < 1.29 is 9.59 Å². The number of aromatic nitrogens is 1. The number of benzene rings is 1. The topological polar surface area (TPSA) is 62.3 Å². The van der Waals surface area contributed by atoms with Crippen molar-refractivity contribution in [2.24, 2.45) is 5.92 Å². The number of anilines is 1. The molecule has 2 amide bonds. The number of nitrogens with one attached hydrogen (secondary N) is 1. The Morgan fingerprint density at radius 1 is 1.52 bits per heavy atom. The number of carbonyl (C=O) groups excluding carboxylic acids is 2. The molecule has 1 N–H and O–H groups in total. The van der Waals surface area contributed by atoms with E-state index in [-0.39, 0.29) is 17.7 Å². The van der Waals surface area contributed by atoms with Crippen molar-refractivity contribution in [2.75, 3.05) is 18.4 Å². The van der Waals surface area contributed by atoms with E-state index >= 15 is 0 Å². The number of thiazole rings is 1. The van der Waals surface area contributed by atoms with E-state index in [1.54, 1.807) is 4.90 Å². The number of aryl methyl sites for hydroxylation is 1. The Hall–Kier alpha value is -2.21. The molecule has 1 atom stereocenters. The Morgan fingerprint density at radius 2 is 2.35 bits per heavy atom. The van der Waals surface area contributed by atoms with Gasteiger partial charge in [0.15, 0.2) is 5.13 Å². The molecule has 2 aromatic rings. The third-order valence-electron chi connectivity index (χ3n) is 4.16. The van der Waals surface area contributed by atoms with Crippen LogP contribution in [0.4, 0.5) is 5.13 Å². The molecule has 1 saturated heterocycles. The molecule has 1 aliphatic heterocycles. The van der Waals surface area contributed by atoms with Crippen LogP contribution in [0.2, 0.25) is 0 Å². The molecule has 1 aromatic carbocycles. The lowest BCUT2D eigenvalue weighted by Crippen LogP contribution is -2.30. The van der Waals surface area contributed by atoms with Gasteiger partial charge in [0.25, 0.3) is 0 Å². The minimum Gasteiger partial charge on any atom is -0.338 e. The zero-order valence-corrected chi connectivity index (χ0v) is 13.9. The van der Waals surface area contributed by atoms with Gasteiger partial charge in [-0.3, -0.25) is 9.59 Å². The average molecular weight is 329 g/mol. The van der Waals surface area contributed by atoms with Crippen LogP contribution in [0, 0.1) is 5.92 Å². The molecule has 3 rings (SSSR count). The van der Waals surface area contributed by atoms with Crippen LogP contribution in [0.3, 0.4) is 0 Å². The largest absolute Gasteiger partial charge is 0.338 e. The number of para-hydroxylation sites is 1. The van der Waals surface area contributed by atoms with E-state index in [1.807, 2.05) is 12.1 Å². The molecule has 1 aliphatic rings. The zero-order valence-electron chi connectivity index (χ0n) is 13.0. The number of carbonyl (C=O) groups is 2. The summed E-state index contributed by atoms with van der Waals surface area (Å²) in [6.45, 7) is 6.62. The van der Waals surface area contributed by atoms with Gasteiger partial charge < -0.3 is 10.2 Å². The number of nitrogens with zero attached hydrogens (tertiary/aromatic N) is 2. The van der Waals surface area contributed by atoms with Crippen LogP contribution in [0.25, 0.3) is 10.2 Å². The number of hydrogen-bond donors (Lipinski definition) is 1. The Morgan fingerprint density at radius 3 is 3.09 bits per heavy atom. The molecule has 0 aliphatic carbocycles. The van der Waals surface area contributed by atoms with Gasteiger partial charge in [0, 0.05) is 13.1 Å². The number of fused-ring (bicyclic) bond motifs is 1. The number of amides is 2. The summed E-state index contributed by atoms with van der Waals surface area (Å²) in [5.41, 5.74) is 2.15. The van der Waals surface area contributed by atoms with E-state index in [9.17, 15) is 9.59 Å². The summed E-state index contributed by atoms with van der Waals surface area (Å²) in [7, 11) is 0. The fourth-order valence-corrected chi connectivity index (χ4v) is 3.77. The van der Waals surface area contributed by atoms with Gasteiger partial charge in [0.1, 0.15) is 0 Å². The van der Waals surface area contributed by atoms with Crippen molar-refractivity contribution >= 4 is 38.5 Å². The van der Waals surface area contributed by atoms with Crippen LogP contribution in [-0.2, 0) is 16.0 Å². The van der Waals surface area contributed by atoms with Gasteiger partial charge in [-0.25, -0.2) is 4.98 Å². The third-order valence-corrected chi connectivity index (χ3v) is 5.09. The van der Waals surface area contributed by atoms with Crippen molar-refractivity contribution in [2.45, 2.75) is 19.8 Å². The lowest BCUT2D eigenvalue weighted by molar-refractivity contribution is -0.125. The molecule has 1 aromatic heterocycles. The molecule has 0 saturated carbocycles.